The van der Waals surface area contributed by atoms with Gasteiger partial charge in [-0.05, 0) is 37.5 Å². The van der Waals surface area contributed by atoms with E-state index in [-0.39, 0.29) is 12.5 Å². The molecule has 7 heteroatoms. The molecule has 2 fully saturated rings. The van der Waals surface area contributed by atoms with E-state index in [0.29, 0.717) is 31.2 Å². The van der Waals surface area contributed by atoms with Crippen molar-refractivity contribution < 1.29 is 24.2 Å². The molecule has 0 radical (unpaired) electrons. The third-order valence-electron chi connectivity index (χ3n) is 4.11. The first-order chi connectivity index (χ1) is 10.5. The van der Waals surface area contributed by atoms with Gasteiger partial charge < -0.3 is 25.6 Å². The van der Waals surface area contributed by atoms with Crippen LogP contribution in [0.25, 0.3) is 0 Å². The number of aliphatic carboxylic acids is 1. The molecule has 1 amide bonds. The number of nitrogens with two attached hydrogens (primary N) is 1. The second kappa shape index (κ2) is 7.89. The van der Waals surface area contributed by atoms with Gasteiger partial charge in [-0.3, -0.25) is 9.59 Å². The average molecular weight is 314 g/mol. The molecule has 2 atom stereocenters. The van der Waals surface area contributed by atoms with E-state index in [4.69, 9.17) is 20.3 Å². The van der Waals surface area contributed by atoms with E-state index in [2.05, 4.69) is 5.32 Å². The lowest BCUT2D eigenvalue weighted by Crippen LogP contribution is -2.49. The van der Waals surface area contributed by atoms with E-state index in [9.17, 15) is 9.59 Å². The summed E-state index contributed by atoms with van der Waals surface area (Å²) in [5.74, 6) is -0.242. The fraction of sp³-hybridized carbons (Fsp3) is 0.867. The number of rotatable bonds is 11. The number of carbonyl (C=O) groups excluding carboxylic acids is 1. The number of ether oxygens (including phenoxy) is 2. The molecular formula is C15H26N2O5. The second-order valence-electron chi connectivity index (χ2n) is 6.34. The molecule has 0 heterocycles. The maximum Gasteiger partial charge on any atom is 0.305 e. The number of hydrogen-bond acceptors (Lipinski definition) is 5. The molecule has 2 saturated carbocycles. The summed E-state index contributed by atoms with van der Waals surface area (Å²) in [7, 11) is 1.55. The first kappa shape index (κ1) is 17.2. The SMILES string of the molecule is COCC(COC(C1CC1)C1CC1)NC(=O)[C@@H](N)CC(=O)O. The van der Waals surface area contributed by atoms with Crippen LogP contribution in [0.1, 0.15) is 32.1 Å². The molecule has 4 N–H and O–H groups in total. The number of methoxy groups -OCH3 is 1. The van der Waals surface area contributed by atoms with Crippen LogP contribution in [0.5, 0.6) is 0 Å². The summed E-state index contributed by atoms with van der Waals surface area (Å²) < 4.78 is 11.1. The maximum atomic E-state index is 11.9. The summed E-state index contributed by atoms with van der Waals surface area (Å²) in [5.41, 5.74) is 5.56. The number of carboxylic acid groups (broad SMARTS) is 1. The van der Waals surface area contributed by atoms with Crippen LogP contribution in [-0.2, 0) is 19.1 Å². The smallest absolute Gasteiger partial charge is 0.305 e. The van der Waals surface area contributed by atoms with E-state index in [1.54, 1.807) is 7.11 Å². The zero-order chi connectivity index (χ0) is 16.1. The number of nitrogens with one attached hydrogen (secondary N) is 1. The zero-order valence-corrected chi connectivity index (χ0v) is 13.0. The first-order valence-electron chi connectivity index (χ1n) is 7.89. The van der Waals surface area contributed by atoms with Gasteiger partial charge in [-0.25, -0.2) is 0 Å². The standard InChI is InChI=1S/C15H26N2O5/c1-21-7-11(17-15(20)12(16)6-13(18)19)8-22-14(9-2-3-9)10-4-5-10/h9-12,14H,2-8,16H2,1H3,(H,17,20)(H,18,19)/t11?,12-/m0/s1. The van der Waals surface area contributed by atoms with Gasteiger partial charge in [0, 0.05) is 7.11 Å². The van der Waals surface area contributed by atoms with Gasteiger partial charge in [-0.2, -0.15) is 0 Å². The highest BCUT2D eigenvalue weighted by Crippen LogP contribution is 2.46. The minimum Gasteiger partial charge on any atom is -0.481 e. The largest absolute Gasteiger partial charge is 0.481 e. The van der Waals surface area contributed by atoms with Crippen molar-refractivity contribution in [1.82, 2.24) is 5.32 Å². The second-order valence-corrected chi connectivity index (χ2v) is 6.34. The predicted octanol–water partition coefficient (Wildman–Crippen LogP) is 0.125. The molecule has 0 saturated heterocycles. The van der Waals surface area contributed by atoms with E-state index in [1.807, 2.05) is 0 Å². The monoisotopic (exact) mass is 314 g/mol. The van der Waals surface area contributed by atoms with Crippen LogP contribution < -0.4 is 11.1 Å². The summed E-state index contributed by atoms with van der Waals surface area (Å²) in [6.45, 7) is 0.685. The highest BCUT2D eigenvalue weighted by Gasteiger charge is 2.42. The molecule has 0 spiro atoms. The Morgan fingerprint density at radius 1 is 1.23 bits per heavy atom. The molecule has 126 valence electrons. The molecule has 7 nitrogen and oxygen atoms in total. The topological polar surface area (TPSA) is 111 Å². The van der Waals surface area contributed by atoms with Gasteiger partial charge >= 0.3 is 5.97 Å². The Balaban J connectivity index is 1.78. The number of hydrogen-bond donors (Lipinski definition) is 3. The Kier molecular flexibility index (Phi) is 6.16. The van der Waals surface area contributed by atoms with E-state index in [0.717, 1.165) is 0 Å². The van der Waals surface area contributed by atoms with Gasteiger partial charge in [0.2, 0.25) is 5.91 Å². The molecule has 0 aliphatic heterocycles. The predicted molar refractivity (Wildman–Crippen MR) is 79.2 cm³/mol. The van der Waals surface area contributed by atoms with Crippen molar-refractivity contribution in [3.63, 3.8) is 0 Å². The van der Waals surface area contributed by atoms with Crippen molar-refractivity contribution >= 4 is 11.9 Å². The molecular weight excluding hydrogens is 288 g/mol. The van der Waals surface area contributed by atoms with Crippen LogP contribution >= 0.6 is 0 Å². The fourth-order valence-corrected chi connectivity index (χ4v) is 2.66. The Morgan fingerprint density at radius 3 is 2.27 bits per heavy atom. The third-order valence-corrected chi connectivity index (χ3v) is 4.11. The highest BCUT2D eigenvalue weighted by atomic mass is 16.5. The van der Waals surface area contributed by atoms with Crippen molar-refractivity contribution in [1.29, 1.82) is 0 Å². The Morgan fingerprint density at radius 2 is 1.82 bits per heavy atom. The lowest BCUT2D eigenvalue weighted by Gasteiger charge is -2.23. The van der Waals surface area contributed by atoms with Crippen molar-refractivity contribution in [3.8, 4) is 0 Å². The molecule has 1 unspecified atom stereocenters. The summed E-state index contributed by atoms with van der Waals surface area (Å²) >= 11 is 0. The van der Waals surface area contributed by atoms with Gasteiger partial charge in [0.15, 0.2) is 0 Å². The molecule has 0 aromatic rings. The lowest BCUT2D eigenvalue weighted by molar-refractivity contribution is -0.139. The molecule has 0 bridgehead atoms. The van der Waals surface area contributed by atoms with E-state index in [1.165, 1.54) is 25.7 Å². The Labute approximate surface area is 130 Å². The van der Waals surface area contributed by atoms with Gasteiger partial charge in [-0.15, -0.1) is 0 Å². The minimum absolute atomic E-state index is 0.295. The van der Waals surface area contributed by atoms with Gasteiger partial charge in [0.25, 0.3) is 0 Å². The van der Waals surface area contributed by atoms with E-state index < -0.39 is 17.9 Å². The van der Waals surface area contributed by atoms with Gasteiger partial charge in [0.1, 0.15) is 0 Å². The lowest BCUT2D eigenvalue weighted by atomic mass is 10.1. The first-order valence-corrected chi connectivity index (χ1v) is 7.89. The van der Waals surface area contributed by atoms with Crippen molar-refractivity contribution in [3.05, 3.63) is 0 Å². The third kappa shape index (κ3) is 5.55. The summed E-state index contributed by atoms with van der Waals surface area (Å²) in [5, 5.41) is 11.4. The molecule has 2 aliphatic rings. The molecule has 0 aromatic heterocycles. The molecule has 22 heavy (non-hydrogen) atoms. The average Bonchev–Trinajstić information content (AvgIpc) is 3.32. The minimum atomic E-state index is -1.09. The van der Waals surface area contributed by atoms with Crippen molar-refractivity contribution in [2.45, 2.75) is 50.3 Å². The van der Waals surface area contributed by atoms with Gasteiger partial charge in [0.05, 0.1) is 37.8 Å². The fourth-order valence-electron chi connectivity index (χ4n) is 2.66. The normalized spacial score (nSPS) is 20.7. The van der Waals surface area contributed by atoms with E-state index >= 15 is 0 Å². The number of carbonyl (C=O) groups is 2. The van der Waals surface area contributed by atoms with Crippen LogP contribution in [0.4, 0.5) is 0 Å². The summed E-state index contributed by atoms with van der Waals surface area (Å²) in [6, 6.07) is -1.36. The maximum absolute atomic E-state index is 11.9. The van der Waals surface area contributed by atoms with Crippen LogP contribution in [0.15, 0.2) is 0 Å². The van der Waals surface area contributed by atoms with Gasteiger partial charge in [-0.1, -0.05) is 0 Å². The molecule has 2 rings (SSSR count). The molecule has 2 aliphatic carbocycles. The van der Waals surface area contributed by atoms with Crippen LogP contribution in [0, 0.1) is 11.8 Å². The number of carboxylic acids is 1. The summed E-state index contributed by atoms with van der Waals surface area (Å²) in [6.07, 6.45) is 4.82. The van der Waals surface area contributed by atoms with Crippen molar-refractivity contribution in [2.24, 2.45) is 17.6 Å². The Bertz CT molecular complexity index is 383. The molecule has 0 aromatic carbocycles. The number of amides is 1. The highest BCUT2D eigenvalue weighted by molar-refractivity contribution is 5.86. The van der Waals surface area contributed by atoms with Crippen LogP contribution in [0.2, 0.25) is 0 Å². The van der Waals surface area contributed by atoms with Crippen molar-refractivity contribution in [2.75, 3.05) is 20.3 Å². The Hall–Kier alpha value is -1.18. The van der Waals surface area contributed by atoms with Crippen LogP contribution in [0.3, 0.4) is 0 Å². The summed E-state index contributed by atoms with van der Waals surface area (Å²) in [4.78, 5) is 22.5. The zero-order valence-electron chi connectivity index (χ0n) is 13.0. The van der Waals surface area contributed by atoms with Crippen LogP contribution in [-0.4, -0.2) is 55.5 Å². The quantitative estimate of drug-likeness (QED) is 0.500.